The Labute approximate surface area is 120 Å². The molecule has 2 atom stereocenters. The van der Waals surface area contributed by atoms with E-state index < -0.39 is 0 Å². The van der Waals surface area contributed by atoms with Crippen LogP contribution in [-0.2, 0) is 6.54 Å². The lowest BCUT2D eigenvalue weighted by Crippen LogP contribution is -2.25. The van der Waals surface area contributed by atoms with Gasteiger partial charge in [0.1, 0.15) is 0 Å². The maximum atomic E-state index is 6.36. The smallest absolute Gasteiger partial charge is 0.179 e. The van der Waals surface area contributed by atoms with Crippen molar-refractivity contribution >= 4 is 11.6 Å². The van der Waals surface area contributed by atoms with Crippen molar-refractivity contribution in [2.75, 3.05) is 14.2 Å². The second kappa shape index (κ2) is 6.49. The zero-order valence-corrected chi connectivity index (χ0v) is 12.6. The number of halogens is 1. The van der Waals surface area contributed by atoms with Crippen LogP contribution in [-0.4, -0.2) is 20.3 Å². The van der Waals surface area contributed by atoms with E-state index in [0.717, 1.165) is 18.0 Å². The van der Waals surface area contributed by atoms with Gasteiger partial charge in [0, 0.05) is 12.6 Å². The molecule has 0 aromatic heterocycles. The first-order chi connectivity index (χ1) is 9.15. The van der Waals surface area contributed by atoms with E-state index in [2.05, 4.69) is 12.2 Å². The molecule has 3 nitrogen and oxygen atoms in total. The Bertz CT molecular complexity index is 436. The first-order valence-corrected chi connectivity index (χ1v) is 7.16. The molecule has 4 heteroatoms. The fourth-order valence-corrected chi connectivity index (χ4v) is 3.01. The average Bonchev–Trinajstić information content (AvgIpc) is 2.82. The topological polar surface area (TPSA) is 30.5 Å². The number of methoxy groups -OCH3 is 2. The Morgan fingerprint density at radius 1 is 1.26 bits per heavy atom. The molecule has 1 aliphatic rings. The maximum absolute atomic E-state index is 6.36. The van der Waals surface area contributed by atoms with Crippen molar-refractivity contribution in [2.45, 2.75) is 38.8 Å². The first kappa shape index (κ1) is 14.5. The lowest BCUT2D eigenvalue weighted by atomic mass is 10.1. The number of hydrogen-bond donors (Lipinski definition) is 1. The number of nitrogens with one attached hydrogen (secondary N) is 1. The highest BCUT2D eigenvalue weighted by atomic mass is 35.5. The van der Waals surface area contributed by atoms with Crippen molar-refractivity contribution in [3.8, 4) is 11.5 Å². The van der Waals surface area contributed by atoms with Gasteiger partial charge in [0.25, 0.3) is 0 Å². The van der Waals surface area contributed by atoms with Crippen molar-refractivity contribution < 1.29 is 9.47 Å². The summed E-state index contributed by atoms with van der Waals surface area (Å²) in [7, 11) is 3.23. The molecule has 1 aromatic rings. The lowest BCUT2D eigenvalue weighted by molar-refractivity contribution is 0.354. The van der Waals surface area contributed by atoms with Crippen LogP contribution in [0.1, 0.15) is 31.7 Å². The zero-order valence-electron chi connectivity index (χ0n) is 11.8. The fraction of sp³-hybridized carbons (Fsp3) is 0.600. The van der Waals surface area contributed by atoms with Gasteiger partial charge in [-0.2, -0.15) is 0 Å². The molecule has 0 amide bonds. The fourth-order valence-electron chi connectivity index (χ4n) is 2.71. The minimum atomic E-state index is 0.610. The van der Waals surface area contributed by atoms with Crippen LogP contribution in [0, 0.1) is 5.92 Å². The summed E-state index contributed by atoms with van der Waals surface area (Å²) in [6.45, 7) is 3.08. The molecule has 1 saturated carbocycles. The number of rotatable bonds is 5. The normalized spacial score (nSPS) is 22.5. The van der Waals surface area contributed by atoms with Gasteiger partial charge in [-0.3, -0.25) is 0 Å². The van der Waals surface area contributed by atoms with Crippen molar-refractivity contribution in [3.05, 3.63) is 22.7 Å². The molecule has 1 fully saturated rings. The monoisotopic (exact) mass is 283 g/mol. The third kappa shape index (κ3) is 3.34. The van der Waals surface area contributed by atoms with Gasteiger partial charge in [0.15, 0.2) is 11.5 Å². The van der Waals surface area contributed by atoms with E-state index in [1.165, 1.54) is 19.3 Å². The highest BCUT2D eigenvalue weighted by molar-refractivity contribution is 6.33. The summed E-state index contributed by atoms with van der Waals surface area (Å²) in [4.78, 5) is 0. The summed E-state index contributed by atoms with van der Waals surface area (Å²) in [5.74, 6) is 2.12. The second-order valence-electron chi connectivity index (χ2n) is 5.27. The van der Waals surface area contributed by atoms with E-state index in [9.17, 15) is 0 Å². The van der Waals surface area contributed by atoms with Crippen LogP contribution in [0.2, 0.25) is 5.02 Å². The van der Waals surface area contributed by atoms with Crippen LogP contribution >= 0.6 is 11.6 Å². The standard InChI is InChI=1S/C15H22ClNO2/c1-10-4-6-12(8-10)17-9-11-5-7-13(18-2)15(19-3)14(11)16/h5,7,10,12,17H,4,6,8-9H2,1-3H3. The van der Waals surface area contributed by atoms with Gasteiger partial charge < -0.3 is 14.8 Å². The summed E-state index contributed by atoms with van der Waals surface area (Å²) in [6.07, 6.45) is 3.83. The molecule has 2 unspecified atom stereocenters. The molecule has 0 saturated heterocycles. The van der Waals surface area contributed by atoms with Crippen LogP contribution in [0.4, 0.5) is 0 Å². The van der Waals surface area contributed by atoms with Gasteiger partial charge in [0.2, 0.25) is 0 Å². The Kier molecular flexibility index (Phi) is 4.94. The Hall–Kier alpha value is -0.930. The molecule has 1 aliphatic carbocycles. The highest BCUT2D eigenvalue weighted by Crippen LogP contribution is 2.37. The number of benzene rings is 1. The highest BCUT2D eigenvalue weighted by Gasteiger charge is 2.21. The molecular weight excluding hydrogens is 262 g/mol. The van der Waals surface area contributed by atoms with Gasteiger partial charge in [-0.1, -0.05) is 24.6 Å². The van der Waals surface area contributed by atoms with Crippen LogP contribution in [0.3, 0.4) is 0 Å². The van der Waals surface area contributed by atoms with Gasteiger partial charge in [-0.05, 0) is 36.8 Å². The van der Waals surface area contributed by atoms with Gasteiger partial charge in [-0.25, -0.2) is 0 Å². The molecule has 19 heavy (non-hydrogen) atoms. The van der Waals surface area contributed by atoms with Crippen molar-refractivity contribution in [1.29, 1.82) is 0 Å². The summed E-state index contributed by atoms with van der Waals surface area (Å²) in [5.41, 5.74) is 1.05. The molecule has 106 valence electrons. The first-order valence-electron chi connectivity index (χ1n) is 6.78. The predicted octanol–water partition coefficient (Wildman–Crippen LogP) is 3.64. The van der Waals surface area contributed by atoms with Crippen molar-refractivity contribution in [1.82, 2.24) is 5.32 Å². The SMILES string of the molecule is COc1ccc(CNC2CCC(C)C2)c(Cl)c1OC. The Morgan fingerprint density at radius 2 is 2.05 bits per heavy atom. The molecule has 0 bridgehead atoms. The molecule has 1 N–H and O–H groups in total. The van der Waals surface area contributed by atoms with E-state index in [4.69, 9.17) is 21.1 Å². The van der Waals surface area contributed by atoms with Crippen LogP contribution < -0.4 is 14.8 Å². The van der Waals surface area contributed by atoms with E-state index >= 15 is 0 Å². The van der Waals surface area contributed by atoms with Crippen LogP contribution in [0.25, 0.3) is 0 Å². The van der Waals surface area contributed by atoms with E-state index in [1.807, 2.05) is 12.1 Å². The predicted molar refractivity (Wildman–Crippen MR) is 78.2 cm³/mol. The van der Waals surface area contributed by atoms with E-state index in [0.29, 0.717) is 22.6 Å². The number of ether oxygens (including phenoxy) is 2. The van der Waals surface area contributed by atoms with Gasteiger partial charge >= 0.3 is 0 Å². The van der Waals surface area contributed by atoms with E-state index in [-0.39, 0.29) is 0 Å². The molecular formula is C15H22ClNO2. The molecule has 2 rings (SSSR count). The maximum Gasteiger partial charge on any atom is 0.179 e. The van der Waals surface area contributed by atoms with Crippen molar-refractivity contribution in [2.24, 2.45) is 5.92 Å². The molecule has 0 radical (unpaired) electrons. The average molecular weight is 284 g/mol. The summed E-state index contributed by atoms with van der Waals surface area (Å²) < 4.78 is 10.5. The third-order valence-electron chi connectivity index (χ3n) is 3.84. The molecule has 0 aliphatic heterocycles. The Morgan fingerprint density at radius 3 is 2.63 bits per heavy atom. The lowest BCUT2D eigenvalue weighted by Gasteiger charge is -2.16. The minimum absolute atomic E-state index is 0.610. The zero-order chi connectivity index (χ0) is 13.8. The summed E-state index contributed by atoms with van der Waals surface area (Å²) in [5, 5.41) is 4.22. The molecule has 1 aromatic carbocycles. The minimum Gasteiger partial charge on any atom is -0.493 e. The van der Waals surface area contributed by atoms with Crippen LogP contribution in [0.15, 0.2) is 12.1 Å². The van der Waals surface area contributed by atoms with E-state index in [1.54, 1.807) is 14.2 Å². The van der Waals surface area contributed by atoms with Crippen LogP contribution in [0.5, 0.6) is 11.5 Å². The van der Waals surface area contributed by atoms with Gasteiger partial charge in [-0.15, -0.1) is 0 Å². The summed E-state index contributed by atoms with van der Waals surface area (Å²) in [6, 6.07) is 4.51. The largest absolute Gasteiger partial charge is 0.493 e. The van der Waals surface area contributed by atoms with Crippen molar-refractivity contribution in [3.63, 3.8) is 0 Å². The second-order valence-corrected chi connectivity index (χ2v) is 5.65. The molecule has 0 heterocycles. The summed E-state index contributed by atoms with van der Waals surface area (Å²) >= 11 is 6.36. The number of hydrogen-bond acceptors (Lipinski definition) is 3. The molecule has 0 spiro atoms. The Balaban J connectivity index is 2.04. The third-order valence-corrected chi connectivity index (χ3v) is 4.26. The van der Waals surface area contributed by atoms with Gasteiger partial charge in [0.05, 0.1) is 19.2 Å². The quantitative estimate of drug-likeness (QED) is 0.895.